The number of ketones is 1. The van der Waals surface area contributed by atoms with Crippen molar-refractivity contribution >= 4 is 11.8 Å². The lowest BCUT2D eigenvalue weighted by Gasteiger charge is -2.08. The maximum Gasteiger partial charge on any atom is 0.326 e. The first-order valence-electron chi connectivity index (χ1n) is 6.89. The van der Waals surface area contributed by atoms with Crippen LogP contribution in [0.5, 0.6) is 0 Å². The number of aromatic nitrogens is 1. The molecule has 2 aromatic rings. The molecule has 1 aromatic heterocycles. The van der Waals surface area contributed by atoms with Crippen molar-refractivity contribution in [2.75, 3.05) is 6.61 Å². The van der Waals surface area contributed by atoms with Crippen molar-refractivity contribution in [1.82, 2.24) is 4.57 Å². The molecule has 0 aliphatic carbocycles. The summed E-state index contributed by atoms with van der Waals surface area (Å²) in [6, 6.07) is 10.1. The molecule has 22 heavy (non-hydrogen) atoms. The van der Waals surface area contributed by atoms with Crippen LogP contribution in [-0.2, 0) is 16.1 Å². The number of hydrogen-bond acceptors (Lipinski definition) is 4. The number of hydrogen-bond donors (Lipinski definition) is 0. The van der Waals surface area contributed by atoms with Gasteiger partial charge in [-0.1, -0.05) is 23.8 Å². The molecule has 0 fully saturated rings. The lowest BCUT2D eigenvalue weighted by atomic mass is 10.0. The third kappa shape index (κ3) is 3.91. The maximum absolute atomic E-state index is 12.1. The second kappa shape index (κ2) is 6.85. The normalized spacial score (nSPS) is 10.3. The largest absolute Gasteiger partial charge is 0.456 e. The highest BCUT2D eigenvalue weighted by atomic mass is 16.5. The van der Waals surface area contributed by atoms with E-state index in [-0.39, 0.29) is 24.5 Å². The molecule has 0 N–H and O–H groups in total. The molecule has 0 saturated carbocycles. The first-order valence-corrected chi connectivity index (χ1v) is 6.89. The molecule has 1 heterocycles. The Hall–Kier alpha value is -2.69. The van der Waals surface area contributed by atoms with Crippen molar-refractivity contribution in [3.63, 3.8) is 0 Å². The van der Waals surface area contributed by atoms with Crippen LogP contribution in [0.2, 0.25) is 0 Å². The van der Waals surface area contributed by atoms with E-state index in [2.05, 4.69) is 0 Å². The number of carbonyl (C=O) groups excluding carboxylic acids is 2. The summed E-state index contributed by atoms with van der Waals surface area (Å²) in [5.41, 5.74) is 2.06. The van der Waals surface area contributed by atoms with Crippen molar-refractivity contribution in [3.05, 3.63) is 69.6 Å². The number of nitrogens with zero attached hydrogens (tertiary/aromatic N) is 1. The average Bonchev–Trinajstić information content (AvgIpc) is 2.49. The zero-order chi connectivity index (χ0) is 16.1. The molecule has 0 saturated heterocycles. The summed E-state index contributed by atoms with van der Waals surface area (Å²) in [7, 11) is 0. The van der Waals surface area contributed by atoms with Gasteiger partial charge in [-0.05, 0) is 31.5 Å². The molecule has 5 nitrogen and oxygen atoms in total. The van der Waals surface area contributed by atoms with Crippen LogP contribution in [0.15, 0.2) is 47.4 Å². The Labute approximate surface area is 128 Å². The van der Waals surface area contributed by atoms with E-state index in [0.29, 0.717) is 5.56 Å². The quantitative estimate of drug-likeness (QED) is 0.624. The van der Waals surface area contributed by atoms with Gasteiger partial charge < -0.3 is 9.30 Å². The predicted molar refractivity (Wildman–Crippen MR) is 81.9 cm³/mol. The highest BCUT2D eigenvalue weighted by molar-refractivity contribution is 5.99. The third-order valence-corrected chi connectivity index (χ3v) is 3.26. The number of pyridine rings is 1. The van der Waals surface area contributed by atoms with E-state index in [1.165, 1.54) is 16.8 Å². The molecule has 2 rings (SSSR count). The molecule has 114 valence electrons. The predicted octanol–water partition coefficient (Wildman–Crippen LogP) is 1.89. The zero-order valence-electron chi connectivity index (χ0n) is 12.5. The van der Waals surface area contributed by atoms with Gasteiger partial charge in [0.05, 0.1) is 0 Å². The highest BCUT2D eigenvalue weighted by Crippen LogP contribution is 2.11. The van der Waals surface area contributed by atoms with Crippen molar-refractivity contribution in [3.8, 4) is 0 Å². The van der Waals surface area contributed by atoms with E-state index < -0.39 is 5.97 Å². The summed E-state index contributed by atoms with van der Waals surface area (Å²) >= 11 is 0. The van der Waals surface area contributed by atoms with Gasteiger partial charge in [0.15, 0.2) is 6.61 Å². The van der Waals surface area contributed by atoms with Crippen molar-refractivity contribution in [2.45, 2.75) is 20.4 Å². The van der Waals surface area contributed by atoms with Gasteiger partial charge in [-0.2, -0.15) is 0 Å². The van der Waals surface area contributed by atoms with Gasteiger partial charge in [0.2, 0.25) is 5.78 Å². The minimum atomic E-state index is -0.619. The smallest absolute Gasteiger partial charge is 0.326 e. The fraction of sp³-hybridized carbons (Fsp3) is 0.235. The summed E-state index contributed by atoms with van der Waals surface area (Å²) < 4.78 is 6.19. The van der Waals surface area contributed by atoms with Crippen LogP contribution in [0.4, 0.5) is 0 Å². The molecule has 1 aromatic carbocycles. The minimum absolute atomic E-state index is 0.209. The van der Waals surface area contributed by atoms with E-state index in [0.717, 1.165) is 11.1 Å². The van der Waals surface area contributed by atoms with Crippen LogP contribution < -0.4 is 5.56 Å². The maximum atomic E-state index is 12.1. The van der Waals surface area contributed by atoms with Crippen LogP contribution in [0, 0.1) is 13.8 Å². The molecule has 0 amide bonds. The highest BCUT2D eigenvalue weighted by Gasteiger charge is 2.13. The Morgan fingerprint density at radius 1 is 1.14 bits per heavy atom. The molecule has 0 unspecified atom stereocenters. The first-order chi connectivity index (χ1) is 10.5. The fourth-order valence-corrected chi connectivity index (χ4v) is 2.04. The Morgan fingerprint density at radius 3 is 2.64 bits per heavy atom. The van der Waals surface area contributed by atoms with Gasteiger partial charge in [-0.25, -0.2) is 0 Å². The van der Waals surface area contributed by atoms with Crippen molar-refractivity contribution < 1.29 is 14.3 Å². The van der Waals surface area contributed by atoms with Gasteiger partial charge in [-0.15, -0.1) is 0 Å². The summed E-state index contributed by atoms with van der Waals surface area (Å²) in [6.07, 6.45) is 1.50. The van der Waals surface area contributed by atoms with Crippen LogP contribution >= 0.6 is 0 Å². The molecular formula is C17H17NO4. The van der Waals surface area contributed by atoms with Crippen LogP contribution in [0.3, 0.4) is 0 Å². The fourth-order valence-electron chi connectivity index (χ4n) is 2.04. The van der Waals surface area contributed by atoms with Crippen LogP contribution in [0.1, 0.15) is 21.5 Å². The number of Topliss-reactive ketones (excluding diaryl/α,β-unsaturated/α-hetero) is 1. The zero-order valence-corrected chi connectivity index (χ0v) is 12.5. The number of carbonyl (C=O) groups is 2. The number of aryl methyl sites for hydroxylation is 2. The summed E-state index contributed by atoms with van der Waals surface area (Å²) in [5.74, 6) is -0.873. The molecule has 0 aliphatic heterocycles. The SMILES string of the molecule is Cc1ccc(C)c(C(=O)COC(=O)Cn2ccccc2=O)c1. The Morgan fingerprint density at radius 2 is 1.91 bits per heavy atom. The molecular weight excluding hydrogens is 282 g/mol. The topological polar surface area (TPSA) is 65.4 Å². The minimum Gasteiger partial charge on any atom is -0.456 e. The molecule has 0 spiro atoms. The van der Waals surface area contributed by atoms with Gasteiger partial charge in [0.25, 0.3) is 5.56 Å². The van der Waals surface area contributed by atoms with E-state index in [9.17, 15) is 14.4 Å². The van der Waals surface area contributed by atoms with E-state index >= 15 is 0 Å². The second-order valence-electron chi connectivity index (χ2n) is 5.07. The van der Waals surface area contributed by atoms with Crippen molar-refractivity contribution in [2.24, 2.45) is 0 Å². The van der Waals surface area contributed by atoms with Gasteiger partial charge in [0, 0.05) is 17.8 Å². The number of esters is 1. The van der Waals surface area contributed by atoms with E-state index in [1.807, 2.05) is 26.0 Å². The average molecular weight is 299 g/mol. The lowest BCUT2D eigenvalue weighted by molar-refractivity contribution is -0.143. The number of benzene rings is 1. The second-order valence-corrected chi connectivity index (χ2v) is 5.07. The standard InChI is InChI=1S/C17H17NO4/c1-12-6-7-13(2)14(9-12)15(19)11-22-17(21)10-18-8-4-3-5-16(18)20/h3-9H,10-11H2,1-2H3. The molecule has 0 radical (unpaired) electrons. The van der Waals surface area contributed by atoms with Gasteiger partial charge in [-0.3, -0.25) is 14.4 Å². The lowest BCUT2D eigenvalue weighted by Crippen LogP contribution is -2.25. The monoisotopic (exact) mass is 299 g/mol. The first kappa shape index (κ1) is 15.7. The van der Waals surface area contributed by atoms with Crippen molar-refractivity contribution in [1.29, 1.82) is 0 Å². The molecule has 0 aliphatic rings. The third-order valence-electron chi connectivity index (χ3n) is 3.26. The Balaban J connectivity index is 1.96. The van der Waals surface area contributed by atoms with Gasteiger partial charge >= 0.3 is 5.97 Å². The molecule has 5 heteroatoms. The van der Waals surface area contributed by atoms with Crippen LogP contribution in [0.25, 0.3) is 0 Å². The molecule has 0 atom stereocenters. The van der Waals surface area contributed by atoms with Crippen LogP contribution in [-0.4, -0.2) is 22.9 Å². The Bertz CT molecular complexity index is 761. The van der Waals surface area contributed by atoms with E-state index in [4.69, 9.17) is 4.74 Å². The number of ether oxygens (including phenoxy) is 1. The van der Waals surface area contributed by atoms with Gasteiger partial charge in [0.1, 0.15) is 6.54 Å². The summed E-state index contributed by atoms with van der Waals surface area (Å²) in [4.78, 5) is 35.3. The van der Waals surface area contributed by atoms with E-state index in [1.54, 1.807) is 18.2 Å². The summed E-state index contributed by atoms with van der Waals surface area (Å²) in [6.45, 7) is 3.19. The summed E-state index contributed by atoms with van der Waals surface area (Å²) in [5, 5.41) is 0. The Kier molecular flexibility index (Phi) is 4.88. The number of rotatable bonds is 5. The molecule has 0 bridgehead atoms.